The molecule has 3 aromatic heterocycles. The number of pyridine rings is 2. The van der Waals surface area contributed by atoms with Crippen molar-refractivity contribution in [3.8, 4) is 10.7 Å². The van der Waals surface area contributed by atoms with Crippen LogP contribution in [0.15, 0.2) is 42.7 Å². The normalized spacial score (nSPS) is 13.4. The van der Waals surface area contributed by atoms with Crippen LogP contribution in [-0.2, 0) is 4.74 Å². The maximum atomic E-state index is 5.39. The van der Waals surface area contributed by atoms with E-state index >= 15 is 0 Å². The number of aryl methyl sites for hydroxylation is 1. The number of hydrogen-bond acceptors (Lipinski definition) is 7. The van der Waals surface area contributed by atoms with E-state index in [0.29, 0.717) is 0 Å². The van der Waals surface area contributed by atoms with E-state index in [1.54, 1.807) is 11.3 Å². The number of aromatic nitrogens is 3. The quantitative estimate of drug-likeness (QED) is 0.670. The topological polar surface area (TPSA) is 63.2 Å². The van der Waals surface area contributed by atoms with Crippen LogP contribution >= 0.6 is 36.2 Å². The molecule has 0 aliphatic carbocycles. The summed E-state index contributed by atoms with van der Waals surface area (Å²) < 4.78 is 5.39. The maximum absolute atomic E-state index is 5.39. The number of morpholine rings is 1. The molecule has 4 rings (SSSR count). The molecule has 0 amide bonds. The molecule has 9 heteroatoms. The minimum atomic E-state index is 0. The average molecular weight is 426 g/mol. The number of halogens is 2. The molecule has 6 nitrogen and oxygen atoms in total. The first-order valence-electron chi connectivity index (χ1n) is 8.23. The zero-order valence-corrected chi connectivity index (χ0v) is 17.2. The lowest BCUT2D eigenvalue weighted by Crippen LogP contribution is -2.36. The smallest absolute Gasteiger partial charge is 0.142 e. The monoisotopic (exact) mass is 425 g/mol. The van der Waals surface area contributed by atoms with Crippen LogP contribution in [0.2, 0.25) is 0 Å². The zero-order chi connectivity index (χ0) is 17.1. The molecule has 4 heterocycles. The van der Waals surface area contributed by atoms with E-state index in [2.05, 4.69) is 31.2 Å². The summed E-state index contributed by atoms with van der Waals surface area (Å²) >= 11 is 1.64. The number of ether oxygens (including phenoxy) is 1. The van der Waals surface area contributed by atoms with Gasteiger partial charge in [-0.15, -0.1) is 36.2 Å². The number of hydrogen-bond donors (Lipinski definition) is 1. The van der Waals surface area contributed by atoms with Crippen LogP contribution in [0.4, 0.5) is 17.3 Å². The average Bonchev–Trinajstić information content (AvgIpc) is 3.10. The standard InChI is InChI=1S/C18H19N5OS.2ClH/c1-13-11-20-18(25-13)15-3-2-4-17(21-15)22-16-6-5-14(12-19-16)23-7-9-24-10-8-23;;/h2-6,11-12H,7-10H2,1H3,(H,19,21,22);2*1H. The predicted octanol–water partition coefficient (Wildman–Crippen LogP) is 4.33. The van der Waals surface area contributed by atoms with Crippen molar-refractivity contribution >= 4 is 53.5 Å². The molecule has 1 fully saturated rings. The van der Waals surface area contributed by atoms with E-state index in [9.17, 15) is 0 Å². The molecule has 1 aliphatic heterocycles. The lowest BCUT2D eigenvalue weighted by Gasteiger charge is -2.28. The molecule has 144 valence electrons. The second-order valence-electron chi connectivity index (χ2n) is 5.81. The Morgan fingerprint density at radius 1 is 1.00 bits per heavy atom. The fraction of sp³-hybridized carbons (Fsp3) is 0.278. The SMILES string of the molecule is Cc1cnc(-c2cccc(Nc3ccc(N4CCOCC4)cn3)n2)s1.Cl.Cl. The van der Waals surface area contributed by atoms with Gasteiger partial charge < -0.3 is 15.0 Å². The summed E-state index contributed by atoms with van der Waals surface area (Å²) in [6.45, 7) is 5.40. The van der Waals surface area contributed by atoms with Gasteiger partial charge in [-0.1, -0.05) is 6.07 Å². The van der Waals surface area contributed by atoms with Crippen molar-refractivity contribution in [2.24, 2.45) is 0 Å². The zero-order valence-electron chi connectivity index (χ0n) is 14.8. The fourth-order valence-corrected chi connectivity index (χ4v) is 3.43. The van der Waals surface area contributed by atoms with E-state index in [4.69, 9.17) is 4.74 Å². The van der Waals surface area contributed by atoms with Gasteiger partial charge in [-0.2, -0.15) is 0 Å². The molecule has 1 aliphatic rings. The predicted molar refractivity (Wildman–Crippen MR) is 115 cm³/mol. The van der Waals surface area contributed by atoms with Gasteiger partial charge in [0.05, 0.1) is 25.1 Å². The van der Waals surface area contributed by atoms with Gasteiger partial charge in [0, 0.05) is 24.2 Å². The number of nitrogens with zero attached hydrogens (tertiary/aromatic N) is 4. The molecule has 0 radical (unpaired) electrons. The van der Waals surface area contributed by atoms with Gasteiger partial charge in [-0.25, -0.2) is 15.0 Å². The Morgan fingerprint density at radius 2 is 1.81 bits per heavy atom. The number of anilines is 3. The maximum Gasteiger partial charge on any atom is 0.142 e. The molecule has 0 bridgehead atoms. The Labute approximate surface area is 174 Å². The molecule has 0 spiro atoms. The molecule has 0 atom stereocenters. The molecule has 0 saturated carbocycles. The Hall–Kier alpha value is -1.93. The van der Waals surface area contributed by atoms with E-state index in [1.165, 1.54) is 4.88 Å². The Balaban J connectivity index is 0.00000131. The Kier molecular flexibility index (Phi) is 7.79. The lowest BCUT2D eigenvalue weighted by molar-refractivity contribution is 0.122. The van der Waals surface area contributed by atoms with Gasteiger partial charge in [0.1, 0.15) is 22.3 Å². The van der Waals surface area contributed by atoms with E-state index < -0.39 is 0 Å². The minimum Gasteiger partial charge on any atom is -0.378 e. The van der Waals surface area contributed by atoms with Crippen molar-refractivity contribution in [2.45, 2.75) is 6.92 Å². The van der Waals surface area contributed by atoms with Gasteiger partial charge in [0.2, 0.25) is 0 Å². The Morgan fingerprint density at radius 3 is 2.48 bits per heavy atom. The third kappa shape index (κ3) is 5.29. The third-order valence-electron chi connectivity index (χ3n) is 3.97. The van der Waals surface area contributed by atoms with Gasteiger partial charge in [-0.05, 0) is 31.2 Å². The van der Waals surface area contributed by atoms with Crippen LogP contribution in [0.5, 0.6) is 0 Å². The lowest BCUT2D eigenvalue weighted by atomic mass is 10.3. The van der Waals surface area contributed by atoms with Crippen molar-refractivity contribution < 1.29 is 4.74 Å². The molecular formula is C18H21Cl2N5OS. The van der Waals surface area contributed by atoms with Crippen molar-refractivity contribution in [3.05, 3.63) is 47.6 Å². The van der Waals surface area contributed by atoms with E-state index in [0.717, 1.165) is 54.3 Å². The highest BCUT2D eigenvalue weighted by atomic mass is 35.5. The first-order chi connectivity index (χ1) is 12.3. The summed E-state index contributed by atoms with van der Waals surface area (Å²) in [5.41, 5.74) is 1.99. The number of thiazole rings is 1. The van der Waals surface area contributed by atoms with Crippen LogP contribution < -0.4 is 10.2 Å². The van der Waals surface area contributed by atoms with Crippen molar-refractivity contribution in [1.29, 1.82) is 0 Å². The van der Waals surface area contributed by atoms with Crippen molar-refractivity contribution in [3.63, 3.8) is 0 Å². The summed E-state index contributed by atoms with van der Waals surface area (Å²) in [4.78, 5) is 17.0. The largest absolute Gasteiger partial charge is 0.378 e. The fourth-order valence-electron chi connectivity index (χ4n) is 2.70. The molecule has 3 aromatic rings. The molecule has 0 aromatic carbocycles. The number of rotatable bonds is 4. The molecular weight excluding hydrogens is 405 g/mol. The second-order valence-corrected chi connectivity index (χ2v) is 7.04. The molecule has 0 unspecified atom stereocenters. The third-order valence-corrected chi connectivity index (χ3v) is 4.91. The summed E-state index contributed by atoms with van der Waals surface area (Å²) in [6, 6.07) is 9.94. The first-order valence-corrected chi connectivity index (χ1v) is 9.05. The molecule has 27 heavy (non-hydrogen) atoms. The van der Waals surface area contributed by atoms with Crippen LogP contribution in [0, 0.1) is 6.92 Å². The highest BCUT2D eigenvalue weighted by Crippen LogP contribution is 2.25. The van der Waals surface area contributed by atoms with Crippen LogP contribution in [0.1, 0.15) is 4.88 Å². The number of nitrogens with one attached hydrogen (secondary N) is 1. The second kappa shape index (κ2) is 9.85. The molecule has 1 saturated heterocycles. The van der Waals surface area contributed by atoms with E-state index in [1.807, 2.05) is 43.6 Å². The van der Waals surface area contributed by atoms with Gasteiger partial charge in [-0.3, -0.25) is 0 Å². The minimum absolute atomic E-state index is 0. The van der Waals surface area contributed by atoms with Crippen molar-refractivity contribution in [2.75, 3.05) is 36.5 Å². The molecule has 1 N–H and O–H groups in total. The highest BCUT2D eigenvalue weighted by molar-refractivity contribution is 7.14. The van der Waals surface area contributed by atoms with Crippen LogP contribution in [0.25, 0.3) is 10.7 Å². The first kappa shape index (κ1) is 21.4. The summed E-state index contributed by atoms with van der Waals surface area (Å²) in [6.07, 6.45) is 3.76. The van der Waals surface area contributed by atoms with Gasteiger partial charge >= 0.3 is 0 Å². The highest BCUT2D eigenvalue weighted by Gasteiger charge is 2.11. The van der Waals surface area contributed by atoms with Gasteiger partial charge in [0.25, 0.3) is 0 Å². The summed E-state index contributed by atoms with van der Waals surface area (Å²) in [7, 11) is 0. The summed E-state index contributed by atoms with van der Waals surface area (Å²) in [5.74, 6) is 1.54. The summed E-state index contributed by atoms with van der Waals surface area (Å²) in [5, 5.41) is 4.19. The van der Waals surface area contributed by atoms with Crippen LogP contribution in [-0.4, -0.2) is 41.3 Å². The Bertz CT molecular complexity index is 853. The van der Waals surface area contributed by atoms with E-state index in [-0.39, 0.29) is 24.8 Å². The van der Waals surface area contributed by atoms with Crippen molar-refractivity contribution in [1.82, 2.24) is 15.0 Å². The van der Waals surface area contributed by atoms with Crippen LogP contribution in [0.3, 0.4) is 0 Å². The van der Waals surface area contributed by atoms with Gasteiger partial charge in [0.15, 0.2) is 0 Å².